The third-order valence-corrected chi connectivity index (χ3v) is 7.67. The Morgan fingerprint density at radius 1 is 0.609 bits per heavy atom. The van der Waals surface area contributed by atoms with Crippen LogP contribution < -0.4 is 9.47 Å². The molecule has 246 valence electrons. The summed E-state index contributed by atoms with van der Waals surface area (Å²) in [5.74, 6) is 3.17. The molecule has 2 heterocycles. The number of hydrogen-bond donors (Lipinski definition) is 3. The zero-order valence-electron chi connectivity index (χ0n) is 27.3. The highest BCUT2D eigenvalue weighted by Crippen LogP contribution is 2.20. The number of aliphatic hydroxyl groups excluding tert-OH is 1. The van der Waals surface area contributed by atoms with E-state index in [0.29, 0.717) is 25.1 Å². The van der Waals surface area contributed by atoms with Gasteiger partial charge in [0.25, 0.3) is 0 Å². The molecule has 46 heavy (non-hydrogen) atoms. The van der Waals surface area contributed by atoms with E-state index in [1.54, 1.807) is 24.3 Å². The lowest BCUT2D eigenvalue weighted by molar-refractivity contribution is 0.0701. The molecule has 0 aromatic heterocycles. The Bertz CT molecular complexity index is 1410. The van der Waals surface area contributed by atoms with Crippen LogP contribution in [-0.2, 0) is 22.3 Å². The average molecular weight is 629 g/mol. The molecule has 0 radical (unpaired) electrons. The van der Waals surface area contributed by atoms with Gasteiger partial charge in [-0.25, -0.2) is 0 Å². The van der Waals surface area contributed by atoms with Crippen molar-refractivity contribution in [3.05, 3.63) is 119 Å². The summed E-state index contributed by atoms with van der Waals surface area (Å²) in [5, 5.41) is 28.2. The van der Waals surface area contributed by atoms with Crippen LogP contribution in [0, 0.1) is 11.8 Å². The molecule has 4 aromatic rings. The van der Waals surface area contributed by atoms with Crippen molar-refractivity contribution < 1.29 is 34.3 Å². The molecule has 2 aliphatic heterocycles. The first-order chi connectivity index (χ1) is 22.1. The van der Waals surface area contributed by atoms with Gasteiger partial charge in [0.15, 0.2) is 0 Å². The quantitative estimate of drug-likeness (QED) is 0.143. The van der Waals surface area contributed by atoms with Crippen LogP contribution in [0.3, 0.4) is 0 Å². The molecule has 3 atom stereocenters. The summed E-state index contributed by atoms with van der Waals surface area (Å²) in [7, 11) is 0. The number of aliphatic hydroxyl groups is 1. The maximum Gasteiger partial charge on any atom is 0.119 e. The molecule has 3 unspecified atom stereocenters. The minimum Gasteiger partial charge on any atom is -0.508 e. The van der Waals surface area contributed by atoms with Gasteiger partial charge in [0.05, 0.1) is 25.4 Å². The van der Waals surface area contributed by atoms with Crippen molar-refractivity contribution in [2.75, 3.05) is 26.4 Å². The van der Waals surface area contributed by atoms with Gasteiger partial charge in [0.2, 0.25) is 0 Å². The molecule has 0 saturated carbocycles. The van der Waals surface area contributed by atoms with Gasteiger partial charge in [0, 0.05) is 0 Å². The first kappa shape index (κ1) is 34.8. The Morgan fingerprint density at radius 3 is 1.33 bits per heavy atom. The second-order valence-electron chi connectivity index (χ2n) is 12.5. The Hall–Kier alpha value is -4.04. The van der Waals surface area contributed by atoms with Crippen molar-refractivity contribution in [3.8, 4) is 23.0 Å². The Morgan fingerprint density at radius 2 is 1.00 bits per heavy atom. The fourth-order valence-electron chi connectivity index (χ4n) is 4.27. The maximum atomic E-state index is 9.71. The fraction of sp³-hybridized carbons (Fsp3) is 0.385. The maximum absolute atomic E-state index is 9.71. The van der Waals surface area contributed by atoms with Crippen LogP contribution in [-0.4, -0.2) is 60.1 Å². The second kappa shape index (κ2) is 17.6. The summed E-state index contributed by atoms with van der Waals surface area (Å²) in [6, 6.07) is 30.5. The summed E-state index contributed by atoms with van der Waals surface area (Å²) < 4.78 is 21.2. The number of phenols is 2. The first-order valence-electron chi connectivity index (χ1n) is 16.0. The molecule has 6 rings (SSSR count). The molecule has 2 fully saturated rings. The van der Waals surface area contributed by atoms with E-state index in [9.17, 15) is 15.3 Å². The predicted octanol–water partition coefficient (Wildman–Crippen LogP) is 7.18. The van der Waals surface area contributed by atoms with E-state index in [1.165, 1.54) is 16.7 Å². The van der Waals surface area contributed by atoms with E-state index < -0.39 is 6.10 Å². The van der Waals surface area contributed by atoms with E-state index in [1.807, 2.05) is 74.5 Å². The molecular weight excluding hydrogens is 580 g/mol. The van der Waals surface area contributed by atoms with Crippen LogP contribution in [0.25, 0.3) is 0 Å². The lowest BCUT2D eigenvalue weighted by Crippen LogP contribution is -2.23. The van der Waals surface area contributed by atoms with Gasteiger partial charge in [0.1, 0.15) is 42.3 Å². The van der Waals surface area contributed by atoms with Crippen molar-refractivity contribution in [1.82, 2.24) is 0 Å². The van der Waals surface area contributed by atoms with Crippen LogP contribution in [0.1, 0.15) is 49.9 Å². The van der Waals surface area contributed by atoms with E-state index in [2.05, 4.69) is 26.0 Å². The fourth-order valence-corrected chi connectivity index (χ4v) is 4.27. The first-order valence-corrected chi connectivity index (χ1v) is 16.0. The number of aromatic hydroxyl groups is 2. The average Bonchev–Trinajstić information content (AvgIpc) is 3.98. The van der Waals surface area contributed by atoms with Crippen LogP contribution in [0.2, 0.25) is 0 Å². The SMILES string of the molecule is CC(C)C(O)COc1ccc(Cc2ccc(O)cc2)cc1.CC(C)C1CO1.Oc1ccc(Cc2ccc(OCC3CO3)cc2)cc1. The van der Waals surface area contributed by atoms with Gasteiger partial charge in [-0.2, -0.15) is 0 Å². The highest BCUT2D eigenvalue weighted by molar-refractivity contribution is 5.35. The van der Waals surface area contributed by atoms with Gasteiger partial charge >= 0.3 is 0 Å². The molecule has 3 N–H and O–H groups in total. The summed E-state index contributed by atoms with van der Waals surface area (Å²) in [5.41, 5.74) is 4.73. The van der Waals surface area contributed by atoms with Gasteiger partial charge in [-0.3, -0.25) is 0 Å². The van der Waals surface area contributed by atoms with Crippen LogP contribution >= 0.6 is 0 Å². The van der Waals surface area contributed by atoms with E-state index in [4.69, 9.17) is 18.9 Å². The predicted molar refractivity (Wildman–Crippen MR) is 181 cm³/mol. The molecular formula is C39H48O7. The second-order valence-corrected chi connectivity index (χ2v) is 12.5. The lowest BCUT2D eigenvalue weighted by atomic mass is 10.0. The molecule has 4 aromatic carbocycles. The normalized spacial score (nSPS) is 16.8. The Kier molecular flexibility index (Phi) is 13.3. The third-order valence-electron chi connectivity index (χ3n) is 7.67. The lowest BCUT2D eigenvalue weighted by Gasteiger charge is -2.15. The minimum absolute atomic E-state index is 0.193. The Balaban J connectivity index is 0.000000177. The van der Waals surface area contributed by atoms with E-state index >= 15 is 0 Å². The minimum atomic E-state index is -0.443. The van der Waals surface area contributed by atoms with Gasteiger partial charge in [-0.1, -0.05) is 76.2 Å². The van der Waals surface area contributed by atoms with Gasteiger partial charge < -0.3 is 34.3 Å². The molecule has 0 spiro atoms. The van der Waals surface area contributed by atoms with Crippen LogP contribution in [0.5, 0.6) is 23.0 Å². The van der Waals surface area contributed by atoms with E-state index in [-0.39, 0.29) is 17.8 Å². The zero-order valence-corrected chi connectivity index (χ0v) is 27.3. The molecule has 2 saturated heterocycles. The van der Waals surface area contributed by atoms with Crippen LogP contribution in [0.15, 0.2) is 97.1 Å². The largest absolute Gasteiger partial charge is 0.508 e. The standard InChI is InChI=1S/C18H22O3.C16H16O3.C5H10O/c1-13(2)18(20)12-21-17-9-5-15(6-10-17)11-14-3-7-16(19)8-4-14;17-14-5-1-12(2-6-14)9-13-3-7-15(8-4-13)18-10-16-11-19-16;1-4(2)5-3-6-5/h3-10,13,18-20H,11-12H2,1-2H3;1-8,16-17H,9-11H2;4-5H,3H2,1-2H3. The summed E-state index contributed by atoms with van der Waals surface area (Å²) in [6.45, 7) is 11.1. The zero-order chi connectivity index (χ0) is 32.9. The van der Waals surface area contributed by atoms with Crippen molar-refractivity contribution in [2.45, 2.75) is 58.8 Å². The van der Waals surface area contributed by atoms with Crippen molar-refractivity contribution >= 4 is 0 Å². The molecule has 7 nitrogen and oxygen atoms in total. The number of rotatable bonds is 12. The number of ether oxygens (including phenoxy) is 4. The highest BCUT2D eigenvalue weighted by Gasteiger charge is 2.25. The Labute approximate surface area is 273 Å². The summed E-state index contributed by atoms with van der Waals surface area (Å²) in [4.78, 5) is 0. The number of hydrogen-bond acceptors (Lipinski definition) is 7. The molecule has 7 heteroatoms. The van der Waals surface area contributed by atoms with Gasteiger partial charge in [-0.05, 0) is 95.5 Å². The van der Waals surface area contributed by atoms with Gasteiger partial charge in [-0.15, -0.1) is 0 Å². The van der Waals surface area contributed by atoms with Crippen molar-refractivity contribution in [2.24, 2.45) is 11.8 Å². The van der Waals surface area contributed by atoms with Crippen LogP contribution in [0.4, 0.5) is 0 Å². The monoisotopic (exact) mass is 628 g/mol. The summed E-state index contributed by atoms with van der Waals surface area (Å²) in [6.07, 6.45) is 2.12. The van der Waals surface area contributed by atoms with Crippen molar-refractivity contribution in [1.29, 1.82) is 0 Å². The van der Waals surface area contributed by atoms with E-state index in [0.717, 1.165) is 49.0 Å². The molecule has 0 amide bonds. The topological polar surface area (TPSA) is 104 Å². The number of phenolic OH excluding ortho intramolecular Hbond substituents is 2. The number of benzene rings is 4. The smallest absolute Gasteiger partial charge is 0.119 e. The molecule has 2 aliphatic rings. The molecule has 0 aliphatic carbocycles. The van der Waals surface area contributed by atoms with Crippen molar-refractivity contribution in [3.63, 3.8) is 0 Å². The number of epoxide rings is 2. The third kappa shape index (κ3) is 13.1. The summed E-state index contributed by atoms with van der Waals surface area (Å²) >= 11 is 0. The molecule has 0 bridgehead atoms. The highest BCUT2D eigenvalue weighted by atomic mass is 16.6.